The van der Waals surface area contributed by atoms with E-state index in [-0.39, 0.29) is 18.9 Å². The van der Waals surface area contributed by atoms with Crippen molar-refractivity contribution in [1.82, 2.24) is 4.90 Å². The van der Waals surface area contributed by atoms with Gasteiger partial charge in [0.25, 0.3) is 0 Å². The van der Waals surface area contributed by atoms with Crippen LogP contribution in [0.1, 0.15) is 30.9 Å². The summed E-state index contributed by atoms with van der Waals surface area (Å²) >= 11 is 1.56. The number of carbonyl (C=O) groups is 2. The van der Waals surface area contributed by atoms with Crippen molar-refractivity contribution in [3.8, 4) is 0 Å². The van der Waals surface area contributed by atoms with Crippen LogP contribution in [0.2, 0.25) is 0 Å². The smallest absolute Gasteiger partial charge is 0.305 e. The van der Waals surface area contributed by atoms with Crippen molar-refractivity contribution in [3.63, 3.8) is 0 Å². The molecule has 1 aliphatic heterocycles. The molecule has 1 amide bonds. The zero-order valence-corrected chi connectivity index (χ0v) is 13.1. The second-order valence-electron chi connectivity index (χ2n) is 4.97. The Kier molecular flexibility index (Phi) is 5.07. The highest BCUT2D eigenvalue weighted by atomic mass is 32.2. The average molecular weight is 305 g/mol. The summed E-state index contributed by atoms with van der Waals surface area (Å²) in [5.41, 5.74) is 3.01. The van der Waals surface area contributed by atoms with Gasteiger partial charge in [0.15, 0.2) is 0 Å². The Balaban J connectivity index is 2.40. The summed E-state index contributed by atoms with van der Waals surface area (Å²) < 4.78 is 0. The van der Waals surface area contributed by atoms with E-state index in [1.165, 1.54) is 0 Å². The summed E-state index contributed by atoms with van der Waals surface area (Å²) in [5, 5.41) is 8.89. The van der Waals surface area contributed by atoms with Crippen molar-refractivity contribution in [2.24, 2.45) is 0 Å². The highest BCUT2D eigenvalue weighted by Crippen LogP contribution is 2.36. The summed E-state index contributed by atoms with van der Waals surface area (Å²) in [4.78, 5) is 25.8. The van der Waals surface area contributed by atoms with Crippen LogP contribution >= 0.6 is 11.8 Å². The number of carboxylic acids is 1. The summed E-state index contributed by atoms with van der Waals surface area (Å²) in [7, 11) is 0. The van der Waals surface area contributed by atoms with Gasteiger partial charge in [0.1, 0.15) is 0 Å². The highest BCUT2D eigenvalue weighted by molar-refractivity contribution is 8.04. The minimum atomic E-state index is -0.887. The Morgan fingerprint density at radius 1 is 1.33 bits per heavy atom. The van der Waals surface area contributed by atoms with Gasteiger partial charge in [-0.2, -0.15) is 0 Å². The van der Waals surface area contributed by atoms with Crippen LogP contribution in [0.5, 0.6) is 0 Å². The summed E-state index contributed by atoms with van der Waals surface area (Å²) in [6.07, 6.45) is 0.799. The Morgan fingerprint density at radius 3 is 2.57 bits per heavy atom. The molecule has 0 aromatic heterocycles. The molecule has 0 bridgehead atoms. The lowest BCUT2D eigenvalue weighted by atomic mass is 10.1. The van der Waals surface area contributed by atoms with Crippen LogP contribution in [0.15, 0.2) is 29.2 Å². The molecule has 0 atom stereocenters. The Hall–Kier alpha value is -1.75. The van der Waals surface area contributed by atoms with Crippen LogP contribution in [-0.2, 0) is 9.59 Å². The van der Waals surface area contributed by atoms with Crippen molar-refractivity contribution in [3.05, 3.63) is 40.3 Å². The second-order valence-corrected chi connectivity index (χ2v) is 6.04. The van der Waals surface area contributed by atoms with Gasteiger partial charge in [-0.05, 0) is 18.9 Å². The van der Waals surface area contributed by atoms with E-state index in [9.17, 15) is 9.59 Å². The predicted octanol–water partition coefficient (Wildman–Crippen LogP) is 3.12. The molecule has 0 saturated heterocycles. The summed E-state index contributed by atoms with van der Waals surface area (Å²) in [6.45, 7) is 4.30. The number of thioether (sulfide) groups is 1. The van der Waals surface area contributed by atoms with Crippen LogP contribution in [0.3, 0.4) is 0 Å². The van der Waals surface area contributed by atoms with Gasteiger partial charge in [-0.25, -0.2) is 0 Å². The SMILES string of the molecule is CCC1=C(c2ccc(C)cc2)N(CCC(=O)O)C(=O)CS1. The standard InChI is InChI=1S/C16H19NO3S/c1-3-13-16(12-6-4-11(2)5-7-12)17(9-8-15(19)20)14(18)10-21-13/h4-7H,3,8-10H2,1-2H3,(H,19,20). The molecule has 1 aromatic carbocycles. The molecule has 0 fully saturated rings. The molecular weight excluding hydrogens is 286 g/mol. The Bertz CT molecular complexity index is 578. The third-order valence-corrected chi connectivity index (χ3v) is 4.62. The molecule has 1 heterocycles. The highest BCUT2D eigenvalue weighted by Gasteiger charge is 2.27. The lowest BCUT2D eigenvalue weighted by Gasteiger charge is -2.31. The third-order valence-electron chi connectivity index (χ3n) is 3.40. The van der Waals surface area contributed by atoms with Crippen molar-refractivity contribution >= 4 is 29.3 Å². The average Bonchev–Trinajstić information content (AvgIpc) is 2.46. The molecule has 0 unspecified atom stereocenters. The number of hydrogen-bond donors (Lipinski definition) is 1. The van der Waals surface area contributed by atoms with Gasteiger partial charge in [0, 0.05) is 11.4 Å². The Labute approximate surface area is 128 Å². The van der Waals surface area contributed by atoms with E-state index in [0.717, 1.165) is 28.1 Å². The van der Waals surface area contributed by atoms with Crippen LogP contribution in [0.4, 0.5) is 0 Å². The quantitative estimate of drug-likeness (QED) is 0.908. The minimum absolute atomic E-state index is 0.0194. The number of carboxylic acid groups (broad SMARTS) is 1. The van der Waals surface area contributed by atoms with E-state index in [0.29, 0.717) is 5.75 Å². The molecule has 1 aliphatic rings. The molecule has 1 N–H and O–H groups in total. The van der Waals surface area contributed by atoms with E-state index in [4.69, 9.17) is 5.11 Å². The summed E-state index contributed by atoms with van der Waals surface area (Å²) in [5.74, 6) is -0.519. The van der Waals surface area contributed by atoms with E-state index in [1.54, 1.807) is 16.7 Å². The van der Waals surface area contributed by atoms with Crippen molar-refractivity contribution in [2.45, 2.75) is 26.7 Å². The maximum absolute atomic E-state index is 12.2. The van der Waals surface area contributed by atoms with Crippen LogP contribution in [-0.4, -0.2) is 34.2 Å². The number of amides is 1. The molecule has 0 aliphatic carbocycles. The molecule has 4 nitrogen and oxygen atoms in total. The normalized spacial score (nSPS) is 15.5. The first-order valence-corrected chi connectivity index (χ1v) is 7.96. The van der Waals surface area contributed by atoms with E-state index < -0.39 is 5.97 Å². The van der Waals surface area contributed by atoms with Gasteiger partial charge in [0.05, 0.1) is 17.9 Å². The second kappa shape index (κ2) is 6.80. The maximum Gasteiger partial charge on any atom is 0.305 e. The lowest BCUT2D eigenvalue weighted by molar-refractivity contribution is -0.137. The number of aryl methyl sites for hydroxylation is 1. The number of hydrogen-bond acceptors (Lipinski definition) is 3. The van der Waals surface area contributed by atoms with Gasteiger partial charge in [-0.1, -0.05) is 36.8 Å². The molecule has 2 rings (SSSR count). The molecule has 5 heteroatoms. The van der Waals surface area contributed by atoms with E-state index in [2.05, 4.69) is 6.92 Å². The molecule has 21 heavy (non-hydrogen) atoms. The number of carbonyl (C=O) groups excluding carboxylic acids is 1. The minimum Gasteiger partial charge on any atom is -0.481 e. The van der Waals surface area contributed by atoms with Gasteiger partial charge < -0.3 is 10.0 Å². The Morgan fingerprint density at radius 2 is 2.00 bits per heavy atom. The largest absolute Gasteiger partial charge is 0.481 e. The first kappa shape index (κ1) is 15.6. The molecular formula is C16H19NO3S. The number of nitrogens with zero attached hydrogens (tertiary/aromatic N) is 1. The maximum atomic E-state index is 12.2. The zero-order valence-electron chi connectivity index (χ0n) is 12.3. The topological polar surface area (TPSA) is 57.6 Å². The first-order valence-electron chi connectivity index (χ1n) is 6.98. The molecule has 1 aromatic rings. The fourth-order valence-electron chi connectivity index (χ4n) is 2.31. The number of allylic oxidation sites excluding steroid dienone is 1. The van der Waals surface area contributed by atoms with Crippen LogP contribution in [0, 0.1) is 6.92 Å². The van der Waals surface area contributed by atoms with Crippen molar-refractivity contribution in [1.29, 1.82) is 0 Å². The van der Waals surface area contributed by atoms with Crippen LogP contribution < -0.4 is 0 Å². The van der Waals surface area contributed by atoms with Gasteiger partial charge in [-0.15, -0.1) is 11.8 Å². The molecule has 112 valence electrons. The van der Waals surface area contributed by atoms with Crippen molar-refractivity contribution < 1.29 is 14.7 Å². The van der Waals surface area contributed by atoms with E-state index in [1.807, 2.05) is 31.2 Å². The predicted molar refractivity (Wildman–Crippen MR) is 84.8 cm³/mol. The van der Waals surface area contributed by atoms with Crippen molar-refractivity contribution in [2.75, 3.05) is 12.3 Å². The van der Waals surface area contributed by atoms with Crippen LogP contribution in [0.25, 0.3) is 5.70 Å². The first-order chi connectivity index (χ1) is 10.0. The third kappa shape index (κ3) is 3.67. The monoisotopic (exact) mass is 305 g/mol. The fraction of sp³-hybridized carbons (Fsp3) is 0.375. The zero-order chi connectivity index (χ0) is 15.4. The summed E-state index contributed by atoms with van der Waals surface area (Å²) in [6, 6.07) is 8.00. The lowest BCUT2D eigenvalue weighted by Crippen LogP contribution is -2.36. The molecule has 0 radical (unpaired) electrons. The fourth-order valence-corrected chi connectivity index (χ4v) is 3.33. The van der Waals surface area contributed by atoms with E-state index >= 15 is 0 Å². The molecule has 0 saturated carbocycles. The molecule has 0 spiro atoms. The number of rotatable bonds is 5. The van der Waals surface area contributed by atoms with Gasteiger partial charge >= 0.3 is 5.97 Å². The van der Waals surface area contributed by atoms with Gasteiger partial charge in [0.2, 0.25) is 5.91 Å². The van der Waals surface area contributed by atoms with Gasteiger partial charge in [-0.3, -0.25) is 9.59 Å². The number of aliphatic carboxylic acids is 1. The number of benzene rings is 1.